The van der Waals surface area contributed by atoms with Crippen molar-refractivity contribution in [2.75, 3.05) is 5.32 Å². The highest BCUT2D eigenvalue weighted by Crippen LogP contribution is 2.40. The van der Waals surface area contributed by atoms with Gasteiger partial charge in [0.1, 0.15) is 0 Å². The van der Waals surface area contributed by atoms with Crippen LogP contribution in [0.4, 0.5) is 10.5 Å². The van der Waals surface area contributed by atoms with E-state index in [1.165, 1.54) is 0 Å². The monoisotopic (exact) mass is 310 g/mol. The molecule has 7 heteroatoms. The molecule has 0 radical (unpaired) electrons. The van der Waals surface area contributed by atoms with E-state index in [9.17, 15) is 4.79 Å². The molecule has 1 N–H and O–H groups in total. The van der Waals surface area contributed by atoms with E-state index < -0.39 is 6.03 Å². The van der Waals surface area contributed by atoms with Crippen molar-refractivity contribution >= 4 is 35.2 Å². The summed E-state index contributed by atoms with van der Waals surface area (Å²) >= 11 is 3.43. The number of amides is 2. The van der Waals surface area contributed by atoms with Gasteiger partial charge in [-0.2, -0.15) is 0 Å². The normalized spacial score (nSPS) is 10.5. The average molecular weight is 310 g/mol. The minimum atomic E-state index is -0.690. The Hall–Kier alpha value is -1.30. The number of hydrogen-bond acceptors (Lipinski definition) is 3. The molecule has 0 saturated carbocycles. The molecule has 0 aliphatic carbocycles. The number of nitrogens with one attached hydrogen (secondary N) is 1. The summed E-state index contributed by atoms with van der Waals surface area (Å²) in [7, 11) is 0. The second-order valence-corrected chi connectivity index (χ2v) is 7.79. The van der Waals surface area contributed by atoms with Crippen LogP contribution >= 0.6 is 23.5 Å². The number of nitrogens with zero attached hydrogens (tertiary/aromatic N) is 3. The molecule has 5 nitrogen and oxygen atoms in total. The van der Waals surface area contributed by atoms with Crippen LogP contribution in [0.1, 0.15) is 27.7 Å². The summed E-state index contributed by atoms with van der Waals surface area (Å²) in [5.74, 6) is 0. The zero-order chi connectivity index (χ0) is 15.1. The maximum absolute atomic E-state index is 11.4. The van der Waals surface area contributed by atoms with Crippen molar-refractivity contribution in [1.29, 1.82) is 0 Å². The van der Waals surface area contributed by atoms with Gasteiger partial charge in [-0.3, -0.25) is 4.79 Å². The van der Waals surface area contributed by atoms with E-state index >= 15 is 0 Å². The number of carbonyl (C=O) groups is 1. The zero-order valence-electron chi connectivity index (χ0n) is 12.0. The average Bonchev–Trinajstić information content (AvgIpc) is 2.32. The molecule has 0 aromatic heterocycles. The maximum atomic E-state index is 11.4. The van der Waals surface area contributed by atoms with Gasteiger partial charge in [0, 0.05) is 30.3 Å². The molecule has 1 rings (SSSR count). The van der Waals surface area contributed by atoms with Crippen molar-refractivity contribution < 1.29 is 4.79 Å². The number of thioether (sulfide) groups is 2. The van der Waals surface area contributed by atoms with Crippen LogP contribution in [0.25, 0.3) is 10.4 Å². The lowest BCUT2D eigenvalue weighted by molar-refractivity contribution is 0.259. The quantitative estimate of drug-likeness (QED) is 0.336. The fourth-order valence-electron chi connectivity index (χ4n) is 1.50. The van der Waals surface area contributed by atoms with E-state index in [0.29, 0.717) is 16.2 Å². The van der Waals surface area contributed by atoms with Crippen LogP contribution in [0.15, 0.2) is 33.1 Å². The Labute approximate surface area is 127 Å². The highest BCUT2D eigenvalue weighted by atomic mass is 32.2. The highest BCUT2D eigenvalue weighted by molar-refractivity contribution is 8.03. The second kappa shape index (κ2) is 8.09. The van der Waals surface area contributed by atoms with Gasteiger partial charge >= 0.3 is 6.03 Å². The van der Waals surface area contributed by atoms with E-state index in [2.05, 4.69) is 43.0 Å². The first kappa shape index (κ1) is 16.8. The molecule has 0 aliphatic heterocycles. The Bertz CT molecular complexity index is 525. The van der Waals surface area contributed by atoms with Gasteiger partial charge < -0.3 is 5.32 Å². The van der Waals surface area contributed by atoms with Gasteiger partial charge in [0.2, 0.25) is 0 Å². The Morgan fingerprint density at radius 2 is 1.90 bits per heavy atom. The molecule has 0 heterocycles. The third kappa shape index (κ3) is 5.36. The lowest BCUT2D eigenvalue weighted by Crippen LogP contribution is -2.07. The summed E-state index contributed by atoms with van der Waals surface area (Å²) in [6.07, 6.45) is 0. The van der Waals surface area contributed by atoms with Gasteiger partial charge in [-0.1, -0.05) is 33.8 Å². The number of carbonyl (C=O) groups excluding carboxylic acids is 1. The van der Waals surface area contributed by atoms with Gasteiger partial charge in [0.25, 0.3) is 0 Å². The standard InChI is InChI=1S/C13H18N4OS2/c1-8(2)19-11-7-5-6-10(12(11)20-9(3)4)15-13(18)16-17-14/h5-9H,1-4H3,(H,15,18). The van der Waals surface area contributed by atoms with Gasteiger partial charge in [-0.05, 0) is 17.7 Å². The smallest absolute Gasteiger partial charge is 0.312 e. The third-order valence-electron chi connectivity index (χ3n) is 2.07. The molecule has 0 aliphatic rings. The van der Waals surface area contributed by atoms with E-state index in [0.717, 1.165) is 9.79 Å². The molecule has 1 aromatic carbocycles. The van der Waals surface area contributed by atoms with Crippen molar-refractivity contribution in [2.24, 2.45) is 5.11 Å². The first-order chi connectivity index (χ1) is 9.43. The molecule has 0 atom stereocenters. The Kier molecular flexibility index (Phi) is 6.78. The van der Waals surface area contributed by atoms with Gasteiger partial charge in [-0.25, -0.2) is 0 Å². The number of rotatable bonds is 5. The van der Waals surface area contributed by atoms with E-state index in [4.69, 9.17) is 5.53 Å². The summed E-state index contributed by atoms with van der Waals surface area (Å²) < 4.78 is 0. The van der Waals surface area contributed by atoms with Crippen molar-refractivity contribution in [3.05, 3.63) is 28.6 Å². The van der Waals surface area contributed by atoms with Crippen molar-refractivity contribution in [2.45, 2.75) is 48.0 Å². The topological polar surface area (TPSA) is 77.9 Å². The van der Waals surface area contributed by atoms with Crippen LogP contribution in [0, 0.1) is 0 Å². The Balaban J connectivity index is 3.13. The maximum Gasteiger partial charge on any atom is 0.312 e. The molecule has 1 aromatic rings. The van der Waals surface area contributed by atoms with E-state index in [-0.39, 0.29) is 0 Å². The zero-order valence-corrected chi connectivity index (χ0v) is 13.6. The number of anilines is 1. The van der Waals surface area contributed by atoms with E-state index in [1.54, 1.807) is 23.5 Å². The molecular weight excluding hydrogens is 292 g/mol. The molecule has 0 unspecified atom stereocenters. The summed E-state index contributed by atoms with van der Waals surface area (Å²) in [4.78, 5) is 16.1. The van der Waals surface area contributed by atoms with Gasteiger partial charge in [-0.15, -0.1) is 23.5 Å². The SMILES string of the molecule is CC(C)Sc1cccc(NC(=O)N=[N+]=[N-])c1SC(C)C. The van der Waals surface area contributed by atoms with Crippen LogP contribution in [-0.4, -0.2) is 16.5 Å². The molecular formula is C13H18N4OS2. The summed E-state index contributed by atoms with van der Waals surface area (Å²) in [5, 5.41) is 6.52. The first-order valence-electron chi connectivity index (χ1n) is 6.26. The van der Waals surface area contributed by atoms with Crippen LogP contribution in [0.5, 0.6) is 0 Å². The van der Waals surface area contributed by atoms with Gasteiger partial charge in [0.05, 0.1) is 5.69 Å². The van der Waals surface area contributed by atoms with E-state index in [1.807, 2.05) is 18.2 Å². The highest BCUT2D eigenvalue weighted by Gasteiger charge is 2.14. The fourth-order valence-corrected chi connectivity index (χ4v) is 3.57. The Morgan fingerprint density at radius 1 is 1.25 bits per heavy atom. The second-order valence-electron chi connectivity index (χ2n) is 4.59. The Morgan fingerprint density at radius 3 is 2.45 bits per heavy atom. The molecule has 0 bridgehead atoms. The fraction of sp³-hybridized carbons (Fsp3) is 0.462. The lowest BCUT2D eigenvalue weighted by Gasteiger charge is -2.17. The summed E-state index contributed by atoms with van der Waals surface area (Å²) in [5.41, 5.74) is 8.98. The van der Waals surface area contributed by atoms with Crippen molar-refractivity contribution in [3.63, 3.8) is 0 Å². The molecule has 20 heavy (non-hydrogen) atoms. The van der Waals surface area contributed by atoms with Gasteiger partial charge in [0.15, 0.2) is 0 Å². The summed E-state index contributed by atoms with van der Waals surface area (Å²) in [6, 6.07) is 5.06. The molecule has 2 amide bonds. The number of urea groups is 1. The van der Waals surface area contributed by atoms with Crippen LogP contribution in [0.3, 0.4) is 0 Å². The minimum Gasteiger partial charge on any atom is -0.319 e. The predicted molar refractivity (Wildman–Crippen MR) is 86.6 cm³/mol. The molecule has 0 saturated heterocycles. The summed E-state index contributed by atoms with van der Waals surface area (Å²) in [6.45, 7) is 8.44. The largest absolute Gasteiger partial charge is 0.319 e. The van der Waals surface area contributed by atoms with Crippen molar-refractivity contribution in [1.82, 2.24) is 0 Å². The van der Waals surface area contributed by atoms with Crippen LogP contribution < -0.4 is 5.32 Å². The lowest BCUT2D eigenvalue weighted by atomic mass is 10.3. The minimum absolute atomic E-state index is 0.388. The van der Waals surface area contributed by atoms with Crippen molar-refractivity contribution in [3.8, 4) is 0 Å². The number of benzene rings is 1. The molecule has 108 valence electrons. The predicted octanol–water partition coefficient (Wildman–Crippen LogP) is 5.53. The number of azide groups is 1. The number of hydrogen-bond donors (Lipinski definition) is 1. The molecule has 0 fully saturated rings. The third-order valence-corrected chi connectivity index (χ3v) is 4.41. The first-order valence-corrected chi connectivity index (χ1v) is 8.02. The van der Waals surface area contributed by atoms with Crippen LogP contribution in [-0.2, 0) is 0 Å². The van der Waals surface area contributed by atoms with Crippen LogP contribution in [0.2, 0.25) is 0 Å². The molecule has 0 spiro atoms.